The number of pyridine rings is 1. The minimum atomic E-state index is 0.202. The molecule has 0 atom stereocenters. The third kappa shape index (κ3) is 3.71. The molecule has 150 valence electrons. The van der Waals surface area contributed by atoms with Crippen LogP contribution in [0.1, 0.15) is 35.8 Å². The lowest BCUT2D eigenvalue weighted by Gasteiger charge is -2.10. The highest BCUT2D eigenvalue weighted by molar-refractivity contribution is 7.19. The highest BCUT2D eigenvalue weighted by Crippen LogP contribution is 2.42. The zero-order valence-electron chi connectivity index (χ0n) is 16.7. The van der Waals surface area contributed by atoms with E-state index in [4.69, 9.17) is 14.7 Å². The van der Waals surface area contributed by atoms with Crippen molar-refractivity contribution in [1.82, 2.24) is 15.0 Å². The van der Waals surface area contributed by atoms with Gasteiger partial charge in [-0.05, 0) is 68.0 Å². The van der Waals surface area contributed by atoms with Gasteiger partial charge in [0, 0.05) is 29.3 Å². The maximum atomic E-state index is 11.2. The summed E-state index contributed by atoms with van der Waals surface area (Å²) in [5, 5.41) is 1.04. The predicted molar refractivity (Wildman–Crippen MR) is 118 cm³/mol. The lowest BCUT2D eigenvalue weighted by molar-refractivity contribution is -0.116. The van der Waals surface area contributed by atoms with E-state index in [9.17, 15) is 4.79 Å². The van der Waals surface area contributed by atoms with Crippen LogP contribution in [0.25, 0.3) is 21.6 Å². The van der Waals surface area contributed by atoms with Gasteiger partial charge in [0.15, 0.2) is 5.82 Å². The van der Waals surface area contributed by atoms with Gasteiger partial charge in [-0.15, -0.1) is 11.3 Å². The van der Waals surface area contributed by atoms with Crippen LogP contribution in [-0.4, -0.2) is 20.7 Å². The molecule has 0 saturated carbocycles. The number of ketones is 1. The van der Waals surface area contributed by atoms with Crippen molar-refractivity contribution in [3.8, 4) is 23.0 Å². The van der Waals surface area contributed by atoms with E-state index in [0.717, 1.165) is 46.4 Å². The quantitative estimate of drug-likeness (QED) is 0.413. The Labute approximate surface area is 178 Å². The molecular weight excluding hydrogens is 394 g/mol. The number of ether oxygens (including phenoxy) is 1. The first-order chi connectivity index (χ1) is 14.7. The molecule has 0 aliphatic heterocycles. The van der Waals surface area contributed by atoms with Crippen molar-refractivity contribution in [3.63, 3.8) is 0 Å². The molecule has 0 fully saturated rings. The Bertz CT molecular complexity index is 1220. The van der Waals surface area contributed by atoms with Gasteiger partial charge in [0.25, 0.3) is 0 Å². The van der Waals surface area contributed by atoms with Gasteiger partial charge in [-0.2, -0.15) is 4.98 Å². The molecular formula is C24H21N3O2S. The predicted octanol–water partition coefficient (Wildman–Crippen LogP) is 5.56. The number of benzene rings is 1. The largest absolute Gasteiger partial charge is 0.438 e. The highest BCUT2D eigenvalue weighted by Gasteiger charge is 2.24. The molecule has 6 heteroatoms. The van der Waals surface area contributed by atoms with Crippen LogP contribution in [0.2, 0.25) is 0 Å². The molecule has 1 aliphatic rings. The summed E-state index contributed by atoms with van der Waals surface area (Å²) >= 11 is 1.75. The molecule has 5 nitrogen and oxygen atoms in total. The minimum Gasteiger partial charge on any atom is -0.438 e. The van der Waals surface area contributed by atoms with Gasteiger partial charge in [0.2, 0.25) is 5.88 Å². The van der Waals surface area contributed by atoms with E-state index in [1.807, 2.05) is 36.4 Å². The molecule has 1 aliphatic carbocycles. The van der Waals surface area contributed by atoms with E-state index in [0.29, 0.717) is 18.1 Å². The maximum absolute atomic E-state index is 11.2. The van der Waals surface area contributed by atoms with Crippen molar-refractivity contribution in [3.05, 3.63) is 64.8 Å². The molecule has 0 spiro atoms. The molecule has 0 saturated heterocycles. The SMILES string of the molecule is CC(=O)CCc1ccc(Oc2nc(-c3cccnc3)nc3sc4c(c23)CCC4)cc1. The van der Waals surface area contributed by atoms with Crippen LogP contribution in [0.4, 0.5) is 0 Å². The second-order valence-electron chi connectivity index (χ2n) is 7.58. The molecule has 3 aromatic heterocycles. The van der Waals surface area contributed by atoms with Crippen molar-refractivity contribution in [2.45, 2.75) is 39.0 Å². The fourth-order valence-electron chi connectivity index (χ4n) is 3.82. The number of aryl methyl sites for hydroxylation is 3. The number of nitrogens with zero attached hydrogens (tertiary/aromatic N) is 3. The van der Waals surface area contributed by atoms with Crippen LogP contribution in [-0.2, 0) is 24.1 Å². The summed E-state index contributed by atoms with van der Waals surface area (Å²) < 4.78 is 6.29. The zero-order valence-corrected chi connectivity index (χ0v) is 17.5. The van der Waals surface area contributed by atoms with Crippen LogP contribution in [0.5, 0.6) is 11.6 Å². The summed E-state index contributed by atoms with van der Waals surface area (Å²) in [6.45, 7) is 1.62. The van der Waals surface area contributed by atoms with Gasteiger partial charge in [0.05, 0.1) is 5.39 Å². The number of aromatic nitrogens is 3. The Hall–Kier alpha value is -3.12. The lowest BCUT2D eigenvalue weighted by Crippen LogP contribution is -1.97. The molecule has 3 heterocycles. The number of carbonyl (C=O) groups excluding carboxylic acids is 1. The molecule has 30 heavy (non-hydrogen) atoms. The van der Waals surface area contributed by atoms with E-state index in [1.54, 1.807) is 30.7 Å². The zero-order chi connectivity index (χ0) is 20.5. The number of carbonyl (C=O) groups is 1. The van der Waals surface area contributed by atoms with Crippen LogP contribution in [0.3, 0.4) is 0 Å². The summed E-state index contributed by atoms with van der Waals surface area (Å²) in [5.41, 5.74) is 3.33. The summed E-state index contributed by atoms with van der Waals surface area (Å²) in [6, 6.07) is 11.8. The molecule has 4 aromatic rings. The smallest absolute Gasteiger partial charge is 0.231 e. The number of hydrogen-bond donors (Lipinski definition) is 0. The van der Waals surface area contributed by atoms with Crippen molar-refractivity contribution in [2.75, 3.05) is 0 Å². The number of hydrogen-bond acceptors (Lipinski definition) is 6. The van der Waals surface area contributed by atoms with Crippen molar-refractivity contribution in [2.24, 2.45) is 0 Å². The van der Waals surface area contributed by atoms with E-state index in [1.165, 1.54) is 16.9 Å². The lowest BCUT2D eigenvalue weighted by atomic mass is 10.1. The van der Waals surface area contributed by atoms with Crippen LogP contribution < -0.4 is 4.74 Å². The Balaban J connectivity index is 1.53. The van der Waals surface area contributed by atoms with Crippen LogP contribution in [0, 0.1) is 0 Å². The van der Waals surface area contributed by atoms with Crippen LogP contribution >= 0.6 is 11.3 Å². The summed E-state index contributed by atoms with van der Waals surface area (Å²) in [7, 11) is 0. The van der Waals surface area contributed by atoms with Crippen molar-refractivity contribution in [1.29, 1.82) is 0 Å². The normalized spacial score (nSPS) is 12.8. The Morgan fingerprint density at radius 1 is 1.13 bits per heavy atom. The summed E-state index contributed by atoms with van der Waals surface area (Å²) in [4.78, 5) is 27.4. The Kier molecular flexibility index (Phi) is 5.01. The molecule has 0 amide bonds. The van der Waals surface area contributed by atoms with E-state index < -0.39 is 0 Å². The van der Waals surface area contributed by atoms with Crippen molar-refractivity contribution < 1.29 is 9.53 Å². The Morgan fingerprint density at radius 3 is 2.77 bits per heavy atom. The molecule has 0 unspecified atom stereocenters. The highest BCUT2D eigenvalue weighted by atomic mass is 32.1. The van der Waals surface area contributed by atoms with Gasteiger partial charge in [0.1, 0.15) is 16.4 Å². The standard InChI is InChI=1S/C24H21N3O2S/c1-15(28)7-8-16-9-11-18(12-10-16)29-23-21-19-5-2-6-20(19)30-24(21)27-22(26-23)17-4-3-13-25-14-17/h3-4,9-14H,2,5-8H2,1H3. The van der Waals surface area contributed by atoms with Crippen LogP contribution in [0.15, 0.2) is 48.8 Å². The molecule has 0 bridgehead atoms. The maximum Gasteiger partial charge on any atom is 0.231 e. The van der Waals surface area contributed by atoms with E-state index >= 15 is 0 Å². The van der Waals surface area contributed by atoms with Gasteiger partial charge >= 0.3 is 0 Å². The summed E-state index contributed by atoms with van der Waals surface area (Å²) in [6.07, 6.45) is 8.14. The summed E-state index contributed by atoms with van der Waals surface area (Å²) in [5.74, 6) is 2.17. The first kappa shape index (κ1) is 18.9. The van der Waals surface area contributed by atoms with E-state index in [-0.39, 0.29) is 5.78 Å². The van der Waals surface area contributed by atoms with Gasteiger partial charge < -0.3 is 9.53 Å². The first-order valence-corrected chi connectivity index (χ1v) is 11.0. The minimum absolute atomic E-state index is 0.202. The second-order valence-corrected chi connectivity index (χ2v) is 8.66. The number of Topliss-reactive ketones (excluding diaryl/α,β-unsaturated/α-hetero) is 1. The number of rotatable bonds is 6. The Morgan fingerprint density at radius 2 is 2.00 bits per heavy atom. The third-order valence-electron chi connectivity index (χ3n) is 5.35. The van der Waals surface area contributed by atoms with Gasteiger partial charge in [-0.25, -0.2) is 4.98 Å². The number of fused-ring (bicyclic) bond motifs is 3. The van der Waals surface area contributed by atoms with Gasteiger partial charge in [-0.1, -0.05) is 12.1 Å². The van der Waals surface area contributed by atoms with E-state index in [2.05, 4.69) is 4.98 Å². The molecule has 0 N–H and O–H groups in total. The molecule has 0 radical (unpaired) electrons. The molecule has 5 rings (SSSR count). The molecule has 1 aromatic carbocycles. The fourth-order valence-corrected chi connectivity index (χ4v) is 5.07. The average molecular weight is 416 g/mol. The fraction of sp³-hybridized carbons (Fsp3) is 0.250. The monoisotopic (exact) mass is 415 g/mol. The third-order valence-corrected chi connectivity index (χ3v) is 6.54. The first-order valence-electron chi connectivity index (χ1n) is 10.2. The topological polar surface area (TPSA) is 65.0 Å². The number of thiophene rings is 1. The second kappa shape index (κ2) is 7.95. The van der Waals surface area contributed by atoms with Crippen molar-refractivity contribution >= 4 is 27.3 Å². The average Bonchev–Trinajstić information content (AvgIpc) is 3.35. The van der Waals surface area contributed by atoms with Gasteiger partial charge in [-0.3, -0.25) is 4.98 Å².